The molecule has 0 saturated heterocycles. The Balaban J connectivity index is 1.62. The second kappa shape index (κ2) is 7.88. The molecule has 26 heavy (non-hydrogen) atoms. The van der Waals surface area contributed by atoms with E-state index in [2.05, 4.69) is 15.6 Å². The van der Waals surface area contributed by atoms with Crippen molar-refractivity contribution in [3.05, 3.63) is 58.3 Å². The predicted octanol–water partition coefficient (Wildman–Crippen LogP) is 3.12. The monoisotopic (exact) mass is 390 g/mol. The summed E-state index contributed by atoms with van der Waals surface area (Å²) in [6.45, 7) is 4.09. The fourth-order valence-electron chi connectivity index (χ4n) is 2.51. The summed E-state index contributed by atoms with van der Waals surface area (Å²) in [4.78, 5) is 30.3. The lowest BCUT2D eigenvalue weighted by molar-refractivity contribution is -0.124. The molecule has 2 heterocycles. The average Bonchev–Trinajstić information content (AvgIpc) is 3.19. The van der Waals surface area contributed by atoms with Crippen molar-refractivity contribution >= 4 is 39.7 Å². The van der Waals surface area contributed by atoms with Gasteiger partial charge in [0.1, 0.15) is 6.04 Å². The minimum atomic E-state index is -0.637. The third-order valence-corrected chi connectivity index (χ3v) is 4.95. The molecule has 1 aromatic carbocycles. The Morgan fingerprint density at radius 1 is 1.27 bits per heavy atom. The van der Waals surface area contributed by atoms with Gasteiger partial charge in [-0.3, -0.25) is 14.0 Å². The van der Waals surface area contributed by atoms with E-state index in [4.69, 9.17) is 11.6 Å². The van der Waals surface area contributed by atoms with Crippen LogP contribution in [0.5, 0.6) is 0 Å². The van der Waals surface area contributed by atoms with E-state index in [1.807, 2.05) is 36.0 Å². The number of nitrogens with zero attached hydrogens (tertiary/aromatic N) is 2. The number of thiazole rings is 1. The molecule has 2 aromatic heterocycles. The molecule has 136 valence electrons. The lowest BCUT2D eigenvalue weighted by Gasteiger charge is -2.21. The summed E-state index contributed by atoms with van der Waals surface area (Å²) in [7, 11) is 0. The Bertz CT molecular complexity index is 888. The molecule has 2 amide bonds. The van der Waals surface area contributed by atoms with Crippen LogP contribution in [0.2, 0.25) is 5.02 Å². The number of aromatic nitrogens is 2. The number of nitrogens with one attached hydrogen (secondary N) is 2. The van der Waals surface area contributed by atoms with Gasteiger partial charge in [0.15, 0.2) is 4.96 Å². The van der Waals surface area contributed by atoms with Crippen LogP contribution < -0.4 is 10.6 Å². The van der Waals surface area contributed by atoms with Gasteiger partial charge in [0.2, 0.25) is 5.91 Å². The Labute approximate surface area is 160 Å². The maximum atomic E-state index is 12.6. The number of fused-ring (bicyclic) bond motifs is 1. The van der Waals surface area contributed by atoms with Crippen LogP contribution in [-0.4, -0.2) is 27.2 Å². The van der Waals surface area contributed by atoms with Crippen LogP contribution in [0.4, 0.5) is 0 Å². The number of amides is 2. The lowest BCUT2D eigenvalue weighted by Crippen LogP contribution is -2.49. The van der Waals surface area contributed by atoms with Crippen LogP contribution in [0.15, 0.2) is 42.0 Å². The van der Waals surface area contributed by atoms with E-state index in [9.17, 15) is 9.59 Å². The minimum Gasteiger partial charge on any atom is -0.349 e. The third kappa shape index (κ3) is 4.23. The van der Waals surface area contributed by atoms with Gasteiger partial charge in [-0.15, -0.1) is 11.3 Å². The molecule has 1 unspecified atom stereocenters. The van der Waals surface area contributed by atoms with Crippen LogP contribution in [0, 0.1) is 5.92 Å². The maximum absolute atomic E-state index is 12.6. The van der Waals surface area contributed by atoms with Crippen molar-refractivity contribution in [2.75, 3.05) is 0 Å². The second-order valence-corrected chi connectivity index (χ2v) is 7.55. The fraction of sp³-hybridized carbons (Fsp3) is 0.278. The fourth-order valence-corrected chi connectivity index (χ4v) is 3.35. The van der Waals surface area contributed by atoms with E-state index in [0.29, 0.717) is 17.1 Å². The molecule has 0 spiro atoms. The van der Waals surface area contributed by atoms with Crippen LogP contribution in [0.1, 0.15) is 29.9 Å². The molecule has 0 radical (unpaired) electrons. The summed E-state index contributed by atoms with van der Waals surface area (Å²) in [5, 5.41) is 8.15. The van der Waals surface area contributed by atoms with Crippen LogP contribution in [-0.2, 0) is 11.3 Å². The number of carbonyl (C=O) groups is 2. The molecular weight excluding hydrogens is 372 g/mol. The van der Waals surface area contributed by atoms with Crippen LogP contribution in [0.25, 0.3) is 4.96 Å². The zero-order valence-corrected chi connectivity index (χ0v) is 16.0. The SMILES string of the molecule is CC(C)C(NC(=O)c1ccc(Cl)cc1)C(=O)NCc1cn2ccsc2n1. The molecular formula is C18H19ClN4O2S. The van der Waals surface area contributed by atoms with Gasteiger partial charge in [-0.25, -0.2) is 4.98 Å². The normalized spacial score (nSPS) is 12.3. The van der Waals surface area contributed by atoms with Gasteiger partial charge >= 0.3 is 0 Å². The van der Waals surface area contributed by atoms with E-state index in [1.165, 1.54) is 11.3 Å². The van der Waals surface area contributed by atoms with E-state index in [-0.39, 0.29) is 17.7 Å². The highest BCUT2D eigenvalue weighted by Gasteiger charge is 2.24. The van der Waals surface area contributed by atoms with Crippen molar-refractivity contribution in [3.63, 3.8) is 0 Å². The predicted molar refractivity (Wildman–Crippen MR) is 102 cm³/mol. The summed E-state index contributed by atoms with van der Waals surface area (Å²) in [5.41, 5.74) is 1.24. The summed E-state index contributed by atoms with van der Waals surface area (Å²) in [5.74, 6) is -0.603. The van der Waals surface area contributed by atoms with Crippen molar-refractivity contribution in [1.29, 1.82) is 0 Å². The Morgan fingerprint density at radius 2 is 2.00 bits per heavy atom. The van der Waals surface area contributed by atoms with E-state index >= 15 is 0 Å². The molecule has 8 heteroatoms. The third-order valence-electron chi connectivity index (χ3n) is 3.93. The molecule has 0 saturated carbocycles. The molecule has 0 aliphatic rings. The first-order valence-electron chi connectivity index (χ1n) is 8.19. The molecule has 1 atom stereocenters. The lowest BCUT2D eigenvalue weighted by atomic mass is 10.0. The number of hydrogen-bond acceptors (Lipinski definition) is 4. The molecule has 0 aliphatic heterocycles. The number of rotatable bonds is 6. The van der Waals surface area contributed by atoms with Crippen molar-refractivity contribution in [3.8, 4) is 0 Å². The first-order chi connectivity index (χ1) is 12.4. The molecule has 6 nitrogen and oxygen atoms in total. The largest absolute Gasteiger partial charge is 0.349 e. The smallest absolute Gasteiger partial charge is 0.251 e. The molecule has 2 N–H and O–H groups in total. The second-order valence-electron chi connectivity index (χ2n) is 6.24. The highest BCUT2D eigenvalue weighted by Crippen LogP contribution is 2.12. The highest BCUT2D eigenvalue weighted by molar-refractivity contribution is 7.15. The molecule has 0 bridgehead atoms. The van der Waals surface area contributed by atoms with E-state index in [0.717, 1.165) is 10.7 Å². The van der Waals surface area contributed by atoms with Crippen molar-refractivity contribution in [2.45, 2.75) is 26.4 Å². The van der Waals surface area contributed by atoms with Gasteiger partial charge < -0.3 is 10.6 Å². The van der Waals surface area contributed by atoms with Gasteiger partial charge in [0.25, 0.3) is 5.91 Å². The van der Waals surface area contributed by atoms with Crippen molar-refractivity contribution in [1.82, 2.24) is 20.0 Å². The van der Waals surface area contributed by atoms with Crippen LogP contribution >= 0.6 is 22.9 Å². The van der Waals surface area contributed by atoms with Gasteiger partial charge in [-0.1, -0.05) is 25.4 Å². The Kier molecular flexibility index (Phi) is 5.58. The standard InChI is InChI=1S/C18H19ClN4O2S/c1-11(2)15(22-16(24)12-3-5-13(19)6-4-12)17(25)20-9-14-10-23-7-8-26-18(23)21-14/h3-8,10-11,15H,9H2,1-2H3,(H,20,25)(H,22,24). The minimum absolute atomic E-state index is 0.0586. The zero-order chi connectivity index (χ0) is 18.7. The quantitative estimate of drug-likeness (QED) is 0.679. The van der Waals surface area contributed by atoms with Crippen molar-refractivity contribution < 1.29 is 9.59 Å². The summed E-state index contributed by atoms with van der Waals surface area (Å²) in [6.07, 6.45) is 3.80. The van der Waals surface area contributed by atoms with E-state index < -0.39 is 6.04 Å². The topological polar surface area (TPSA) is 75.5 Å². The number of carbonyl (C=O) groups excluding carboxylic acids is 2. The number of benzene rings is 1. The first kappa shape index (κ1) is 18.4. The average molecular weight is 391 g/mol. The number of hydrogen-bond donors (Lipinski definition) is 2. The molecule has 0 fully saturated rings. The number of imidazole rings is 1. The molecule has 0 aliphatic carbocycles. The van der Waals surface area contributed by atoms with Crippen LogP contribution in [0.3, 0.4) is 0 Å². The van der Waals surface area contributed by atoms with Gasteiger partial charge in [-0.2, -0.15) is 0 Å². The molecule has 3 aromatic rings. The molecule has 3 rings (SSSR count). The van der Waals surface area contributed by atoms with Gasteiger partial charge in [0, 0.05) is 28.4 Å². The summed E-state index contributed by atoms with van der Waals surface area (Å²) < 4.78 is 1.91. The summed E-state index contributed by atoms with van der Waals surface area (Å²) in [6, 6.07) is 5.91. The van der Waals surface area contributed by atoms with Crippen molar-refractivity contribution in [2.24, 2.45) is 5.92 Å². The Hall–Kier alpha value is -2.38. The maximum Gasteiger partial charge on any atom is 0.251 e. The zero-order valence-electron chi connectivity index (χ0n) is 14.4. The summed E-state index contributed by atoms with van der Waals surface area (Å²) >= 11 is 7.37. The Morgan fingerprint density at radius 3 is 2.65 bits per heavy atom. The highest BCUT2D eigenvalue weighted by atomic mass is 35.5. The first-order valence-corrected chi connectivity index (χ1v) is 9.45. The van der Waals surface area contributed by atoms with Gasteiger partial charge in [-0.05, 0) is 30.2 Å². The van der Waals surface area contributed by atoms with Gasteiger partial charge in [0.05, 0.1) is 12.2 Å². The number of halogens is 1. The van der Waals surface area contributed by atoms with E-state index in [1.54, 1.807) is 24.3 Å².